The highest BCUT2D eigenvalue weighted by Crippen LogP contribution is 2.27. The summed E-state index contributed by atoms with van der Waals surface area (Å²) in [5.41, 5.74) is 6.53. The number of aromatic nitrogens is 2. The van der Waals surface area contributed by atoms with Crippen molar-refractivity contribution in [3.05, 3.63) is 98.5 Å². The van der Waals surface area contributed by atoms with Crippen LogP contribution in [0.3, 0.4) is 0 Å². The van der Waals surface area contributed by atoms with Gasteiger partial charge in [0.15, 0.2) is 0 Å². The number of thiophene rings is 1. The van der Waals surface area contributed by atoms with E-state index < -0.39 is 0 Å². The van der Waals surface area contributed by atoms with Gasteiger partial charge in [-0.2, -0.15) is 5.10 Å². The Kier molecular flexibility index (Phi) is 5.79. The maximum Gasteiger partial charge on any atom is 0.259 e. The number of nitrogens with one attached hydrogen (secondary N) is 1. The van der Waals surface area contributed by atoms with Crippen LogP contribution in [0.25, 0.3) is 5.69 Å². The molecule has 6 nitrogen and oxygen atoms in total. The van der Waals surface area contributed by atoms with Gasteiger partial charge in [0.2, 0.25) is 0 Å². The fourth-order valence-electron chi connectivity index (χ4n) is 4.44. The molecule has 2 amide bonds. The van der Waals surface area contributed by atoms with Crippen LogP contribution in [0.4, 0.5) is 5.69 Å². The summed E-state index contributed by atoms with van der Waals surface area (Å²) in [4.78, 5) is 29.7. The molecule has 0 atom stereocenters. The van der Waals surface area contributed by atoms with Gasteiger partial charge in [-0.3, -0.25) is 9.59 Å². The van der Waals surface area contributed by atoms with E-state index in [4.69, 9.17) is 0 Å². The fourth-order valence-corrected chi connectivity index (χ4v) is 5.33. The topological polar surface area (TPSA) is 67.2 Å². The molecule has 0 unspecified atom stereocenters. The molecule has 5 rings (SSSR count). The van der Waals surface area contributed by atoms with E-state index in [1.54, 1.807) is 22.2 Å². The molecule has 1 aliphatic heterocycles. The Balaban J connectivity index is 1.36. The van der Waals surface area contributed by atoms with Crippen molar-refractivity contribution in [1.29, 1.82) is 0 Å². The standard InChI is InChI=1S/C27H26N4O2S/c1-17-6-4-7-21(14-17)31-19(3)23(15-28-31)26(32)29-24-9-5-8-22(18(24)2)27(33)30-12-10-25-20(16-30)11-13-34-25/h4-9,11,13-15H,10,12,16H2,1-3H3,(H,29,32). The van der Waals surface area contributed by atoms with Crippen molar-refractivity contribution in [2.24, 2.45) is 0 Å². The zero-order valence-electron chi connectivity index (χ0n) is 19.5. The predicted octanol–water partition coefficient (Wildman–Crippen LogP) is 5.31. The molecule has 0 aliphatic carbocycles. The molecule has 4 aromatic rings. The molecule has 0 radical (unpaired) electrons. The van der Waals surface area contributed by atoms with E-state index in [-0.39, 0.29) is 11.8 Å². The first-order valence-electron chi connectivity index (χ1n) is 11.3. The van der Waals surface area contributed by atoms with Crippen LogP contribution in [0.1, 0.15) is 48.0 Å². The van der Waals surface area contributed by atoms with Crippen LogP contribution in [0.5, 0.6) is 0 Å². The third kappa shape index (κ3) is 4.03. The van der Waals surface area contributed by atoms with E-state index in [1.165, 1.54) is 10.4 Å². The van der Waals surface area contributed by atoms with Gasteiger partial charge in [-0.15, -0.1) is 11.3 Å². The molecule has 0 fully saturated rings. The summed E-state index contributed by atoms with van der Waals surface area (Å²) < 4.78 is 1.77. The molecule has 2 aromatic heterocycles. The molecule has 2 aromatic carbocycles. The van der Waals surface area contributed by atoms with Gasteiger partial charge < -0.3 is 10.2 Å². The Morgan fingerprint density at radius 3 is 2.68 bits per heavy atom. The van der Waals surface area contributed by atoms with E-state index in [2.05, 4.69) is 21.9 Å². The first-order valence-corrected chi connectivity index (χ1v) is 12.2. The number of anilines is 1. The van der Waals surface area contributed by atoms with E-state index in [0.717, 1.165) is 28.9 Å². The summed E-state index contributed by atoms with van der Waals surface area (Å²) >= 11 is 1.75. The summed E-state index contributed by atoms with van der Waals surface area (Å²) in [5, 5.41) is 9.51. The molecule has 0 bridgehead atoms. The van der Waals surface area contributed by atoms with Crippen molar-refractivity contribution >= 4 is 28.8 Å². The highest BCUT2D eigenvalue weighted by molar-refractivity contribution is 7.10. The molecule has 0 saturated heterocycles. The summed E-state index contributed by atoms with van der Waals surface area (Å²) in [5.74, 6) is -0.251. The molecular formula is C27H26N4O2S. The molecule has 1 aliphatic rings. The van der Waals surface area contributed by atoms with E-state index in [0.29, 0.717) is 29.9 Å². The normalized spacial score (nSPS) is 13.0. The minimum atomic E-state index is -0.245. The van der Waals surface area contributed by atoms with Crippen molar-refractivity contribution in [3.63, 3.8) is 0 Å². The number of rotatable bonds is 4. The largest absolute Gasteiger partial charge is 0.334 e. The molecule has 172 valence electrons. The second kappa shape index (κ2) is 8.91. The lowest BCUT2D eigenvalue weighted by atomic mass is 10.0. The fraction of sp³-hybridized carbons (Fsp3) is 0.222. The number of carbonyl (C=O) groups is 2. The number of nitrogens with zero attached hydrogens (tertiary/aromatic N) is 3. The lowest BCUT2D eigenvalue weighted by Crippen LogP contribution is -2.35. The van der Waals surface area contributed by atoms with Gasteiger partial charge in [0.25, 0.3) is 11.8 Å². The monoisotopic (exact) mass is 470 g/mol. The summed E-state index contributed by atoms with van der Waals surface area (Å²) in [7, 11) is 0. The summed E-state index contributed by atoms with van der Waals surface area (Å²) in [6.45, 7) is 7.12. The van der Waals surface area contributed by atoms with E-state index in [1.807, 2.05) is 68.1 Å². The minimum Gasteiger partial charge on any atom is -0.334 e. The Morgan fingerprint density at radius 1 is 1.03 bits per heavy atom. The van der Waals surface area contributed by atoms with Crippen LogP contribution >= 0.6 is 11.3 Å². The molecule has 0 spiro atoms. The first kappa shape index (κ1) is 22.1. The number of hydrogen-bond donors (Lipinski definition) is 1. The van der Waals surface area contributed by atoms with E-state index in [9.17, 15) is 9.59 Å². The quantitative estimate of drug-likeness (QED) is 0.440. The number of fused-ring (bicyclic) bond motifs is 1. The maximum atomic E-state index is 13.3. The zero-order valence-corrected chi connectivity index (χ0v) is 20.3. The minimum absolute atomic E-state index is 0.00565. The van der Waals surface area contributed by atoms with Gasteiger partial charge in [0, 0.05) is 29.2 Å². The van der Waals surface area contributed by atoms with Gasteiger partial charge in [0.05, 0.1) is 23.1 Å². The highest BCUT2D eigenvalue weighted by atomic mass is 32.1. The molecular weight excluding hydrogens is 444 g/mol. The van der Waals surface area contributed by atoms with Crippen LogP contribution in [-0.2, 0) is 13.0 Å². The van der Waals surface area contributed by atoms with Crippen molar-refractivity contribution < 1.29 is 9.59 Å². The van der Waals surface area contributed by atoms with Crippen molar-refractivity contribution in [2.45, 2.75) is 33.7 Å². The Morgan fingerprint density at radius 2 is 1.85 bits per heavy atom. The number of amides is 2. The maximum absolute atomic E-state index is 13.3. The number of hydrogen-bond acceptors (Lipinski definition) is 4. The molecule has 7 heteroatoms. The third-order valence-electron chi connectivity index (χ3n) is 6.41. The molecule has 3 heterocycles. The highest BCUT2D eigenvalue weighted by Gasteiger charge is 2.25. The van der Waals surface area contributed by atoms with Gasteiger partial charge in [-0.05, 0) is 79.6 Å². The van der Waals surface area contributed by atoms with Gasteiger partial charge in [-0.1, -0.05) is 18.2 Å². The van der Waals surface area contributed by atoms with Crippen molar-refractivity contribution in [1.82, 2.24) is 14.7 Å². The number of benzene rings is 2. The SMILES string of the molecule is Cc1cccc(-n2ncc(C(=O)Nc3cccc(C(=O)N4CCc5sccc5C4)c3C)c2C)c1. The Bertz CT molecular complexity index is 1400. The smallest absolute Gasteiger partial charge is 0.259 e. The van der Waals surface area contributed by atoms with Gasteiger partial charge >= 0.3 is 0 Å². The van der Waals surface area contributed by atoms with E-state index >= 15 is 0 Å². The lowest BCUT2D eigenvalue weighted by Gasteiger charge is -2.28. The lowest BCUT2D eigenvalue weighted by molar-refractivity contribution is 0.0735. The van der Waals surface area contributed by atoms with Crippen LogP contribution < -0.4 is 5.32 Å². The predicted molar refractivity (Wildman–Crippen MR) is 135 cm³/mol. The first-order chi connectivity index (χ1) is 16.4. The van der Waals surface area contributed by atoms with Gasteiger partial charge in [-0.25, -0.2) is 4.68 Å². The summed E-state index contributed by atoms with van der Waals surface area (Å²) in [6.07, 6.45) is 2.47. The second-order valence-corrected chi connectivity index (χ2v) is 9.67. The molecule has 1 N–H and O–H groups in total. The van der Waals surface area contributed by atoms with Crippen LogP contribution in [0.15, 0.2) is 60.1 Å². The zero-order chi connectivity index (χ0) is 23.8. The van der Waals surface area contributed by atoms with Crippen molar-refractivity contribution in [2.75, 3.05) is 11.9 Å². The average Bonchev–Trinajstić information content (AvgIpc) is 3.46. The Hall–Kier alpha value is -3.71. The van der Waals surface area contributed by atoms with Crippen LogP contribution in [0, 0.1) is 20.8 Å². The molecule has 0 saturated carbocycles. The second-order valence-electron chi connectivity index (χ2n) is 8.67. The number of carbonyl (C=O) groups excluding carboxylic acids is 2. The molecule has 34 heavy (non-hydrogen) atoms. The summed E-state index contributed by atoms with van der Waals surface area (Å²) in [6, 6.07) is 15.6. The van der Waals surface area contributed by atoms with Crippen LogP contribution in [0.2, 0.25) is 0 Å². The average molecular weight is 471 g/mol. The van der Waals surface area contributed by atoms with Crippen molar-refractivity contribution in [3.8, 4) is 5.69 Å². The Labute approximate surface area is 202 Å². The number of aryl methyl sites for hydroxylation is 1. The van der Waals surface area contributed by atoms with Crippen LogP contribution in [-0.4, -0.2) is 33.0 Å². The van der Waals surface area contributed by atoms with Gasteiger partial charge in [0.1, 0.15) is 0 Å². The third-order valence-corrected chi connectivity index (χ3v) is 7.43.